The Morgan fingerprint density at radius 1 is 1.39 bits per heavy atom. The molecule has 2 heterocycles. The molecular weight excluding hydrogens is 252 g/mol. The molecule has 2 saturated heterocycles. The predicted octanol–water partition coefficient (Wildman–Crippen LogP) is -0.143. The summed E-state index contributed by atoms with van der Waals surface area (Å²) in [5.74, 6) is 0. The van der Waals surface area contributed by atoms with E-state index in [1.807, 2.05) is 6.07 Å². The van der Waals surface area contributed by atoms with Crippen LogP contribution >= 0.6 is 0 Å². The van der Waals surface area contributed by atoms with Crippen LogP contribution in [0.1, 0.15) is 19.3 Å². The highest BCUT2D eigenvalue weighted by Crippen LogP contribution is 2.23. The van der Waals surface area contributed by atoms with Crippen LogP contribution in [0.25, 0.3) is 0 Å². The Hall–Kier alpha value is -0.680. The normalized spacial score (nSPS) is 26.2. The van der Waals surface area contributed by atoms with Gasteiger partial charge in [0.05, 0.1) is 6.07 Å². The van der Waals surface area contributed by atoms with E-state index in [2.05, 4.69) is 4.90 Å². The fourth-order valence-corrected chi connectivity index (χ4v) is 4.08. The maximum atomic E-state index is 12.3. The smallest absolute Gasteiger partial charge is 0.281 e. The van der Waals surface area contributed by atoms with E-state index >= 15 is 0 Å². The minimum absolute atomic E-state index is 0.235. The first kappa shape index (κ1) is 13.7. The fourth-order valence-electron chi connectivity index (χ4n) is 2.69. The maximum Gasteiger partial charge on any atom is 0.281 e. The van der Waals surface area contributed by atoms with Crippen molar-refractivity contribution in [3.8, 4) is 6.07 Å². The lowest BCUT2D eigenvalue weighted by molar-refractivity contribution is 0.153. The highest BCUT2D eigenvalue weighted by molar-refractivity contribution is 7.86. The van der Waals surface area contributed by atoms with Gasteiger partial charge in [0.25, 0.3) is 10.2 Å². The number of hydrogen-bond acceptors (Lipinski definition) is 4. The molecule has 0 aromatic carbocycles. The van der Waals surface area contributed by atoms with Gasteiger partial charge in [-0.25, -0.2) is 0 Å². The number of rotatable bonds is 4. The van der Waals surface area contributed by atoms with Gasteiger partial charge in [-0.3, -0.25) is 4.90 Å². The highest BCUT2D eigenvalue weighted by Gasteiger charge is 2.36. The topological polar surface area (TPSA) is 67.6 Å². The molecule has 6 nitrogen and oxygen atoms in total. The van der Waals surface area contributed by atoms with Gasteiger partial charge in [-0.15, -0.1) is 0 Å². The molecule has 0 N–H and O–H groups in total. The summed E-state index contributed by atoms with van der Waals surface area (Å²) in [6.07, 6.45) is 2.50. The molecule has 0 amide bonds. The Labute approximate surface area is 109 Å². The lowest BCUT2D eigenvalue weighted by Gasteiger charge is -2.38. The molecule has 0 spiro atoms. The third-order valence-corrected chi connectivity index (χ3v) is 5.76. The molecule has 0 saturated carbocycles. The number of hydrogen-bond donors (Lipinski definition) is 0. The Morgan fingerprint density at radius 2 is 2.17 bits per heavy atom. The lowest BCUT2D eigenvalue weighted by atomic mass is 10.2. The van der Waals surface area contributed by atoms with Crippen LogP contribution in [0, 0.1) is 11.3 Å². The zero-order chi connectivity index (χ0) is 13.2. The van der Waals surface area contributed by atoms with Crippen molar-refractivity contribution in [2.45, 2.75) is 25.3 Å². The van der Waals surface area contributed by atoms with Gasteiger partial charge < -0.3 is 0 Å². The van der Waals surface area contributed by atoms with Crippen molar-refractivity contribution in [3.63, 3.8) is 0 Å². The molecule has 2 aliphatic heterocycles. The van der Waals surface area contributed by atoms with Crippen LogP contribution in [-0.4, -0.2) is 67.7 Å². The van der Waals surface area contributed by atoms with Crippen LogP contribution in [0.5, 0.6) is 0 Å². The van der Waals surface area contributed by atoms with Gasteiger partial charge >= 0.3 is 0 Å². The first-order valence-electron chi connectivity index (χ1n) is 6.38. The van der Waals surface area contributed by atoms with E-state index in [1.54, 1.807) is 11.4 Å². The summed E-state index contributed by atoms with van der Waals surface area (Å²) in [6.45, 7) is 3.36. The standard InChI is InChI=1S/C11H20N4O2S/c1-13(6-3-5-12)18(16,17)15-9-8-14-7-2-4-11(14)10-15/h11H,2-4,6-10H2,1H3. The summed E-state index contributed by atoms with van der Waals surface area (Å²) < 4.78 is 27.5. The number of fused-ring (bicyclic) bond motifs is 1. The van der Waals surface area contributed by atoms with E-state index in [4.69, 9.17) is 5.26 Å². The average molecular weight is 272 g/mol. The molecular formula is C11H20N4O2S. The summed E-state index contributed by atoms with van der Waals surface area (Å²) in [5.41, 5.74) is 0. The minimum Gasteiger partial charge on any atom is -0.298 e. The van der Waals surface area contributed by atoms with Crippen LogP contribution < -0.4 is 0 Å². The van der Waals surface area contributed by atoms with Crippen molar-refractivity contribution in [2.24, 2.45) is 0 Å². The molecule has 7 heteroatoms. The fraction of sp³-hybridized carbons (Fsp3) is 0.909. The molecule has 2 fully saturated rings. The third-order valence-electron chi connectivity index (χ3n) is 3.81. The van der Waals surface area contributed by atoms with Crippen molar-refractivity contribution in [1.29, 1.82) is 5.26 Å². The highest BCUT2D eigenvalue weighted by atomic mass is 32.2. The van der Waals surface area contributed by atoms with Crippen LogP contribution in [0.3, 0.4) is 0 Å². The first-order valence-corrected chi connectivity index (χ1v) is 7.78. The molecule has 1 unspecified atom stereocenters. The Balaban J connectivity index is 2.00. The van der Waals surface area contributed by atoms with Crippen molar-refractivity contribution in [3.05, 3.63) is 0 Å². The molecule has 0 aromatic rings. The van der Waals surface area contributed by atoms with Gasteiger partial charge in [0, 0.05) is 45.7 Å². The van der Waals surface area contributed by atoms with Crippen molar-refractivity contribution in [1.82, 2.24) is 13.5 Å². The quantitative estimate of drug-likeness (QED) is 0.714. The van der Waals surface area contributed by atoms with Gasteiger partial charge in [-0.05, 0) is 19.4 Å². The average Bonchev–Trinajstić information content (AvgIpc) is 2.82. The third kappa shape index (κ3) is 2.67. The van der Waals surface area contributed by atoms with Crippen LogP contribution in [0.4, 0.5) is 0 Å². The molecule has 2 aliphatic rings. The van der Waals surface area contributed by atoms with E-state index < -0.39 is 10.2 Å². The number of piperazine rings is 1. The zero-order valence-corrected chi connectivity index (χ0v) is 11.6. The van der Waals surface area contributed by atoms with Gasteiger partial charge in [-0.1, -0.05) is 0 Å². The Bertz CT molecular complexity index is 431. The maximum absolute atomic E-state index is 12.3. The summed E-state index contributed by atoms with van der Waals surface area (Å²) in [5, 5.41) is 8.52. The molecule has 102 valence electrons. The Kier molecular flexibility index (Phi) is 4.22. The van der Waals surface area contributed by atoms with Crippen LogP contribution in [-0.2, 0) is 10.2 Å². The minimum atomic E-state index is -3.38. The first-order chi connectivity index (χ1) is 8.55. The summed E-state index contributed by atoms with van der Waals surface area (Å²) in [6, 6.07) is 2.36. The summed E-state index contributed by atoms with van der Waals surface area (Å²) in [4.78, 5) is 2.38. The largest absolute Gasteiger partial charge is 0.298 e. The lowest BCUT2D eigenvalue weighted by Crippen LogP contribution is -2.55. The second kappa shape index (κ2) is 5.53. The summed E-state index contributed by atoms with van der Waals surface area (Å²) >= 11 is 0. The predicted molar refractivity (Wildman–Crippen MR) is 67.9 cm³/mol. The number of nitriles is 1. The van der Waals surface area contributed by atoms with Crippen molar-refractivity contribution >= 4 is 10.2 Å². The van der Waals surface area contributed by atoms with E-state index in [9.17, 15) is 8.42 Å². The molecule has 0 bridgehead atoms. The van der Waals surface area contributed by atoms with Crippen LogP contribution in [0.2, 0.25) is 0 Å². The van der Waals surface area contributed by atoms with E-state index in [0.29, 0.717) is 19.1 Å². The monoisotopic (exact) mass is 272 g/mol. The molecule has 0 aromatic heterocycles. The van der Waals surface area contributed by atoms with Crippen molar-refractivity contribution in [2.75, 3.05) is 39.8 Å². The van der Waals surface area contributed by atoms with Gasteiger partial charge in [-0.2, -0.15) is 22.3 Å². The second-order valence-corrected chi connectivity index (χ2v) is 6.96. The molecule has 0 aliphatic carbocycles. The van der Waals surface area contributed by atoms with Crippen molar-refractivity contribution < 1.29 is 8.42 Å². The number of nitrogens with zero attached hydrogens (tertiary/aromatic N) is 4. The Morgan fingerprint density at radius 3 is 2.89 bits per heavy atom. The zero-order valence-electron chi connectivity index (χ0n) is 10.7. The van der Waals surface area contributed by atoms with E-state index in [-0.39, 0.29) is 13.0 Å². The molecule has 1 atom stereocenters. The van der Waals surface area contributed by atoms with Gasteiger partial charge in [0.15, 0.2) is 0 Å². The van der Waals surface area contributed by atoms with Gasteiger partial charge in [0.2, 0.25) is 0 Å². The summed E-state index contributed by atoms with van der Waals surface area (Å²) in [7, 11) is -1.83. The SMILES string of the molecule is CN(CCC#N)S(=O)(=O)N1CCN2CCCC2C1. The molecule has 2 rings (SSSR count). The molecule has 18 heavy (non-hydrogen) atoms. The molecule has 0 radical (unpaired) electrons. The second-order valence-electron chi connectivity index (χ2n) is 4.93. The van der Waals surface area contributed by atoms with E-state index in [1.165, 1.54) is 10.7 Å². The van der Waals surface area contributed by atoms with Gasteiger partial charge in [0.1, 0.15) is 0 Å². The van der Waals surface area contributed by atoms with Crippen LogP contribution in [0.15, 0.2) is 0 Å². The van der Waals surface area contributed by atoms with E-state index in [0.717, 1.165) is 19.5 Å².